The summed E-state index contributed by atoms with van der Waals surface area (Å²) in [6.45, 7) is 2.31. The Morgan fingerprint density at radius 2 is 2.18 bits per heavy atom. The molecule has 0 amide bonds. The summed E-state index contributed by atoms with van der Waals surface area (Å²) in [6.07, 6.45) is 2.49. The summed E-state index contributed by atoms with van der Waals surface area (Å²) in [5.41, 5.74) is 1.11. The maximum Gasteiger partial charge on any atom is 0.0479 e. The fraction of sp³-hybridized carbons (Fsp3) is 0.538. The molecule has 17 heavy (non-hydrogen) atoms. The van der Waals surface area contributed by atoms with Crippen LogP contribution in [0.4, 0.5) is 0 Å². The molecule has 0 spiro atoms. The first kappa shape index (κ1) is 13.5. The van der Waals surface area contributed by atoms with Gasteiger partial charge in [0.05, 0.1) is 0 Å². The van der Waals surface area contributed by atoms with Crippen molar-refractivity contribution in [3.63, 3.8) is 0 Å². The second-order valence-electron chi connectivity index (χ2n) is 4.65. The topological polar surface area (TPSA) is 12.0 Å². The van der Waals surface area contributed by atoms with E-state index in [1.807, 2.05) is 37.0 Å². The van der Waals surface area contributed by atoms with Gasteiger partial charge < -0.3 is 5.32 Å². The lowest BCUT2D eigenvalue weighted by Gasteiger charge is -2.34. The van der Waals surface area contributed by atoms with E-state index in [9.17, 15) is 0 Å². The second-order valence-corrected chi connectivity index (χ2v) is 7.13. The van der Waals surface area contributed by atoms with Crippen molar-refractivity contribution in [2.24, 2.45) is 0 Å². The highest BCUT2D eigenvalue weighted by molar-refractivity contribution is 8.00. The third-order valence-corrected chi connectivity index (χ3v) is 5.59. The highest BCUT2D eigenvalue weighted by atomic mass is 35.5. The van der Waals surface area contributed by atoms with E-state index >= 15 is 0 Å². The number of rotatable bonds is 3. The van der Waals surface area contributed by atoms with Crippen molar-refractivity contribution in [1.82, 2.24) is 5.32 Å². The number of hydrogen-bond acceptors (Lipinski definition) is 2. The van der Waals surface area contributed by atoms with Gasteiger partial charge in [-0.1, -0.05) is 23.2 Å². The van der Waals surface area contributed by atoms with Gasteiger partial charge in [-0.15, -0.1) is 0 Å². The van der Waals surface area contributed by atoms with Crippen molar-refractivity contribution in [2.45, 2.75) is 30.6 Å². The molecule has 2 rings (SSSR count). The molecule has 0 bridgehead atoms. The summed E-state index contributed by atoms with van der Waals surface area (Å²) in [4.78, 5) is 0. The van der Waals surface area contributed by atoms with Crippen LogP contribution in [0, 0.1) is 0 Å². The molecule has 2 atom stereocenters. The zero-order valence-electron chi connectivity index (χ0n) is 10.1. The van der Waals surface area contributed by atoms with Gasteiger partial charge in [0.2, 0.25) is 0 Å². The van der Waals surface area contributed by atoms with Crippen LogP contribution in [0.25, 0.3) is 0 Å². The van der Waals surface area contributed by atoms with Crippen LogP contribution in [-0.2, 0) is 0 Å². The lowest BCUT2D eigenvalue weighted by Crippen LogP contribution is -2.35. The van der Waals surface area contributed by atoms with Crippen molar-refractivity contribution in [3.8, 4) is 0 Å². The van der Waals surface area contributed by atoms with Gasteiger partial charge in [-0.2, -0.15) is 11.8 Å². The molecule has 0 radical (unpaired) electrons. The van der Waals surface area contributed by atoms with E-state index in [2.05, 4.69) is 12.2 Å². The zero-order chi connectivity index (χ0) is 12.5. The summed E-state index contributed by atoms with van der Waals surface area (Å²) in [7, 11) is 1.99. The predicted molar refractivity (Wildman–Crippen MR) is 78.4 cm³/mol. The Morgan fingerprint density at radius 1 is 1.41 bits per heavy atom. The van der Waals surface area contributed by atoms with Crippen LogP contribution in [-0.4, -0.2) is 17.5 Å². The molecule has 0 saturated carbocycles. The molecule has 94 valence electrons. The number of benzene rings is 1. The Kier molecular flexibility index (Phi) is 4.30. The van der Waals surface area contributed by atoms with Gasteiger partial charge in [0.15, 0.2) is 0 Å². The van der Waals surface area contributed by atoms with Crippen LogP contribution in [0.2, 0.25) is 10.0 Å². The van der Waals surface area contributed by atoms with E-state index in [1.165, 1.54) is 18.6 Å². The molecule has 2 unspecified atom stereocenters. The maximum atomic E-state index is 6.30. The number of hydrogen-bond donors (Lipinski definition) is 1. The minimum atomic E-state index is 0.211. The fourth-order valence-corrected chi connectivity index (χ4v) is 4.42. The second kappa shape index (κ2) is 5.40. The summed E-state index contributed by atoms with van der Waals surface area (Å²) in [5, 5.41) is 4.95. The summed E-state index contributed by atoms with van der Waals surface area (Å²) in [6, 6.07) is 5.95. The SMILES string of the molecule is CNC(c1cc(Cl)ccc1Cl)C1(C)CCCS1. The highest BCUT2D eigenvalue weighted by Gasteiger charge is 2.38. The molecular weight excluding hydrogens is 273 g/mol. The van der Waals surface area contributed by atoms with Crippen LogP contribution in [0.3, 0.4) is 0 Å². The van der Waals surface area contributed by atoms with E-state index < -0.39 is 0 Å². The first-order valence-electron chi connectivity index (χ1n) is 5.83. The fourth-order valence-electron chi connectivity index (χ4n) is 2.55. The van der Waals surface area contributed by atoms with Crippen LogP contribution in [0.15, 0.2) is 18.2 Å². The third-order valence-electron chi connectivity index (χ3n) is 3.42. The summed E-state index contributed by atoms with van der Waals surface area (Å²) >= 11 is 14.4. The van der Waals surface area contributed by atoms with Crippen LogP contribution in [0.1, 0.15) is 31.4 Å². The molecule has 1 aliphatic rings. The van der Waals surface area contributed by atoms with Gasteiger partial charge in [0.1, 0.15) is 0 Å². The molecule has 1 N–H and O–H groups in total. The maximum absolute atomic E-state index is 6.30. The number of halogens is 2. The van der Waals surface area contributed by atoms with Gasteiger partial charge in [-0.05, 0) is 56.3 Å². The van der Waals surface area contributed by atoms with Crippen molar-refractivity contribution in [1.29, 1.82) is 0 Å². The van der Waals surface area contributed by atoms with Crippen LogP contribution >= 0.6 is 35.0 Å². The number of nitrogens with one attached hydrogen (secondary N) is 1. The zero-order valence-corrected chi connectivity index (χ0v) is 12.4. The highest BCUT2D eigenvalue weighted by Crippen LogP contribution is 2.47. The molecule has 0 aromatic heterocycles. The minimum Gasteiger partial charge on any atom is -0.312 e. The lowest BCUT2D eigenvalue weighted by molar-refractivity contribution is 0.441. The van der Waals surface area contributed by atoms with E-state index in [4.69, 9.17) is 23.2 Å². The van der Waals surface area contributed by atoms with E-state index in [-0.39, 0.29) is 10.8 Å². The van der Waals surface area contributed by atoms with Crippen molar-refractivity contribution < 1.29 is 0 Å². The quantitative estimate of drug-likeness (QED) is 0.877. The molecule has 1 nitrogen and oxygen atoms in total. The van der Waals surface area contributed by atoms with Gasteiger partial charge in [-0.25, -0.2) is 0 Å². The standard InChI is InChI=1S/C13H17Cl2NS/c1-13(6-3-7-17-13)12(16-2)10-8-9(14)4-5-11(10)15/h4-5,8,12,16H,3,6-7H2,1-2H3. The molecule has 1 aromatic rings. The van der Waals surface area contributed by atoms with Crippen LogP contribution < -0.4 is 5.32 Å². The van der Waals surface area contributed by atoms with Crippen molar-refractivity contribution >= 4 is 35.0 Å². The molecule has 1 heterocycles. The Bertz CT molecular complexity index is 402. The number of thioether (sulfide) groups is 1. The van der Waals surface area contributed by atoms with Crippen LogP contribution in [0.5, 0.6) is 0 Å². The van der Waals surface area contributed by atoms with Gasteiger partial charge in [0, 0.05) is 20.8 Å². The third kappa shape index (κ3) is 2.76. The largest absolute Gasteiger partial charge is 0.312 e. The average Bonchev–Trinajstić information content (AvgIpc) is 2.72. The van der Waals surface area contributed by atoms with E-state index in [0.29, 0.717) is 0 Å². The van der Waals surface area contributed by atoms with E-state index in [1.54, 1.807) is 0 Å². The molecule has 1 fully saturated rings. The van der Waals surface area contributed by atoms with E-state index in [0.717, 1.165) is 15.6 Å². The van der Waals surface area contributed by atoms with Crippen molar-refractivity contribution in [2.75, 3.05) is 12.8 Å². The van der Waals surface area contributed by atoms with Gasteiger partial charge in [-0.3, -0.25) is 0 Å². The van der Waals surface area contributed by atoms with Gasteiger partial charge in [0.25, 0.3) is 0 Å². The molecule has 4 heteroatoms. The smallest absolute Gasteiger partial charge is 0.0479 e. The lowest BCUT2D eigenvalue weighted by atomic mass is 9.90. The molecular formula is C13H17Cl2NS. The Hall–Kier alpha value is 0.110. The molecule has 1 aliphatic heterocycles. The Labute approximate surface area is 117 Å². The normalized spacial score (nSPS) is 26.1. The minimum absolute atomic E-state index is 0.211. The predicted octanol–water partition coefficient (Wildman–Crippen LogP) is 4.54. The Balaban J connectivity index is 2.37. The molecule has 0 aliphatic carbocycles. The monoisotopic (exact) mass is 289 g/mol. The molecule has 1 aromatic carbocycles. The first-order chi connectivity index (χ1) is 8.07. The first-order valence-corrected chi connectivity index (χ1v) is 7.57. The summed E-state index contributed by atoms with van der Waals surface area (Å²) in [5.74, 6) is 1.23. The Morgan fingerprint density at radius 3 is 2.76 bits per heavy atom. The van der Waals surface area contributed by atoms with Gasteiger partial charge >= 0.3 is 0 Å². The van der Waals surface area contributed by atoms with Crippen molar-refractivity contribution in [3.05, 3.63) is 33.8 Å². The molecule has 1 saturated heterocycles. The summed E-state index contributed by atoms with van der Waals surface area (Å²) < 4.78 is 0.211. The average molecular weight is 290 g/mol.